The van der Waals surface area contributed by atoms with Gasteiger partial charge in [0.1, 0.15) is 23.7 Å². The van der Waals surface area contributed by atoms with Gasteiger partial charge in [-0.2, -0.15) is 0 Å². The quantitative estimate of drug-likeness (QED) is 0.594. The lowest BCUT2D eigenvalue weighted by Crippen LogP contribution is -2.47. The van der Waals surface area contributed by atoms with Gasteiger partial charge in [-0.3, -0.25) is 9.69 Å². The number of hydrogen-bond acceptors (Lipinski definition) is 6. The summed E-state index contributed by atoms with van der Waals surface area (Å²) in [6, 6.07) is 11.7. The molecule has 2 aromatic carbocycles. The first-order chi connectivity index (χ1) is 16.8. The van der Waals surface area contributed by atoms with E-state index in [4.69, 9.17) is 25.8 Å². The van der Waals surface area contributed by atoms with Crippen molar-refractivity contribution >= 4 is 17.5 Å². The average Bonchev–Trinajstić information content (AvgIpc) is 2.87. The van der Waals surface area contributed by atoms with E-state index in [1.807, 2.05) is 50.2 Å². The van der Waals surface area contributed by atoms with Crippen molar-refractivity contribution in [2.75, 3.05) is 52.6 Å². The lowest BCUT2D eigenvalue weighted by atomic mass is 9.92. The number of rotatable bonds is 8. The van der Waals surface area contributed by atoms with Gasteiger partial charge in [0.05, 0.1) is 13.2 Å². The van der Waals surface area contributed by atoms with E-state index in [1.54, 1.807) is 4.90 Å². The summed E-state index contributed by atoms with van der Waals surface area (Å²) >= 11 is 6.24. The van der Waals surface area contributed by atoms with Crippen molar-refractivity contribution in [1.29, 1.82) is 0 Å². The average molecular weight is 503 g/mol. The summed E-state index contributed by atoms with van der Waals surface area (Å²) in [6.07, 6.45) is 1.31. The highest BCUT2D eigenvalue weighted by Crippen LogP contribution is 2.29. The number of nitrogens with zero attached hydrogens (tertiary/aromatic N) is 2. The summed E-state index contributed by atoms with van der Waals surface area (Å²) in [7, 11) is 0. The number of aliphatic hydroxyl groups is 1. The molecule has 2 fully saturated rings. The fraction of sp³-hybridized carbons (Fsp3) is 0.519. The zero-order valence-electron chi connectivity index (χ0n) is 20.6. The number of hydrogen-bond donors (Lipinski definition) is 1. The molecule has 8 heteroatoms. The molecule has 2 aliphatic rings. The van der Waals surface area contributed by atoms with Crippen LogP contribution in [0.1, 0.15) is 29.5 Å². The molecule has 0 atom stereocenters. The highest BCUT2D eigenvalue weighted by Gasteiger charge is 2.33. The third kappa shape index (κ3) is 7.10. The summed E-state index contributed by atoms with van der Waals surface area (Å²) in [5.41, 5.74) is 2.29. The van der Waals surface area contributed by atoms with Crippen LogP contribution in [0, 0.1) is 13.8 Å². The molecule has 0 spiro atoms. The smallest absolute Gasteiger partial charge is 0.260 e. The summed E-state index contributed by atoms with van der Waals surface area (Å²) in [4.78, 5) is 16.3. The highest BCUT2D eigenvalue weighted by atomic mass is 35.5. The predicted octanol–water partition coefficient (Wildman–Crippen LogP) is 3.60. The van der Waals surface area contributed by atoms with Gasteiger partial charge in [-0.1, -0.05) is 23.7 Å². The van der Waals surface area contributed by atoms with Crippen LogP contribution < -0.4 is 9.47 Å². The Balaban J connectivity index is 1.20. The Morgan fingerprint density at radius 1 is 1.00 bits per heavy atom. The van der Waals surface area contributed by atoms with Crippen LogP contribution in [0.5, 0.6) is 11.5 Å². The molecule has 0 aliphatic carbocycles. The van der Waals surface area contributed by atoms with Crippen LogP contribution >= 0.6 is 11.6 Å². The van der Waals surface area contributed by atoms with Gasteiger partial charge in [0.15, 0.2) is 6.61 Å². The van der Waals surface area contributed by atoms with Crippen molar-refractivity contribution in [3.05, 3.63) is 58.1 Å². The Morgan fingerprint density at radius 2 is 1.63 bits per heavy atom. The number of aryl methyl sites for hydroxylation is 2. The molecule has 7 nitrogen and oxygen atoms in total. The molecule has 2 aliphatic heterocycles. The first-order valence-electron chi connectivity index (χ1n) is 12.2. The van der Waals surface area contributed by atoms with Gasteiger partial charge in [0.2, 0.25) is 0 Å². The van der Waals surface area contributed by atoms with E-state index in [-0.39, 0.29) is 19.1 Å². The topological polar surface area (TPSA) is 71.5 Å². The van der Waals surface area contributed by atoms with Crippen molar-refractivity contribution < 1.29 is 24.1 Å². The summed E-state index contributed by atoms with van der Waals surface area (Å²) in [6.45, 7) is 9.05. The van der Waals surface area contributed by atoms with Crippen LogP contribution in [-0.4, -0.2) is 79.0 Å². The monoisotopic (exact) mass is 502 g/mol. The van der Waals surface area contributed by atoms with Crippen LogP contribution in [0.4, 0.5) is 0 Å². The second kappa shape index (κ2) is 11.6. The molecule has 0 bridgehead atoms. The molecule has 190 valence electrons. The first-order valence-corrected chi connectivity index (χ1v) is 12.6. The van der Waals surface area contributed by atoms with Gasteiger partial charge in [-0.15, -0.1) is 0 Å². The molecule has 0 unspecified atom stereocenters. The van der Waals surface area contributed by atoms with Gasteiger partial charge in [-0.25, -0.2) is 0 Å². The Hall–Kier alpha value is -2.32. The number of carbonyl (C=O) groups is 1. The van der Waals surface area contributed by atoms with Gasteiger partial charge in [0.25, 0.3) is 5.91 Å². The standard InChI is InChI=1S/C27H35ClN2O5/c1-20-15-24(16-21(2)26(20)28)35-19-27(32)7-9-29(10-8-27)17-22-3-5-23(6-4-22)34-18-25(31)30-11-13-33-14-12-30/h3-6,15-16,32H,7-14,17-19H2,1-2H3. The number of benzene rings is 2. The van der Waals surface area contributed by atoms with E-state index in [0.717, 1.165) is 41.5 Å². The number of ether oxygens (including phenoxy) is 3. The third-order valence-electron chi connectivity index (χ3n) is 6.76. The minimum atomic E-state index is -0.831. The largest absolute Gasteiger partial charge is 0.491 e. The fourth-order valence-electron chi connectivity index (χ4n) is 4.48. The number of likely N-dealkylation sites (tertiary alicyclic amines) is 1. The van der Waals surface area contributed by atoms with E-state index < -0.39 is 5.60 Å². The van der Waals surface area contributed by atoms with Crippen LogP contribution in [0.3, 0.4) is 0 Å². The zero-order chi connectivity index (χ0) is 24.8. The first kappa shape index (κ1) is 25.8. The summed E-state index contributed by atoms with van der Waals surface area (Å²) < 4.78 is 16.9. The van der Waals surface area contributed by atoms with Crippen molar-refractivity contribution in [1.82, 2.24) is 9.80 Å². The molecular formula is C27H35ClN2O5. The Morgan fingerprint density at radius 3 is 2.26 bits per heavy atom. The normalized spacial score (nSPS) is 18.3. The Bertz CT molecular complexity index is 976. The van der Waals surface area contributed by atoms with E-state index in [2.05, 4.69) is 4.90 Å². The molecular weight excluding hydrogens is 468 g/mol. The maximum Gasteiger partial charge on any atom is 0.260 e. The Labute approximate surface area is 212 Å². The molecule has 0 saturated carbocycles. The molecule has 2 heterocycles. The van der Waals surface area contributed by atoms with Crippen LogP contribution in [-0.2, 0) is 16.1 Å². The van der Waals surface area contributed by atoms with Crippen molar-refractivity contribution in [3.63, 3.8) is 0 Å². The summed E-state index contributed by atoms with van der Waals surface area (Å²) in [5, 5.41) is 11.8. The molecule has 4 rings (SSSR count). The number of carbonyl (C=O) groups excluding carboxylic acids is 1. The molecule has 0 radical (unpaired) electrons. The van der Waals surface area contributed by atoms with Crippen LogP contribution in [0.25, 0.3) is 0 Å². The van der Waals surface area contributed by atoms with Gasteiger partial charge in [-0.05, 0) is 67.6 Å². The lowest BCUT2D eigenvalue weighted by molar-refractivity contribution is -0.137. The third-order valence-corrected chi connectivity index (χ3v) is 7.36. The number of halogens is 1. The minimum absolute atomic E-state index is 0.0107. The number of piperidine rings is 1. The molecule has 0 aromatic heterocycles. The second-order valence-electron chi connectivity index (χ2n) is 9.59. The van der Waals surface area contributed by atoms with Crippen molar-refractivity contribution in [3.8, 4) is 11.5 Å². The second-order valence-corrected chi connectivity index (χ2v) is 9.96. The molecule has 1 N–H and O–H groups in total. The molecule has 2 aromatic rings. The van der Waals surface area contributed by atoms with E-state index in [0.29, 0.717) is 44.9 Å². The van der Waals surface area contributed by atoms with Gasteiger partial charge >= 0.3 is 0 Å². The maximum absolute atomic E-state index is 12.2. The number of amides is 1. The van der Waals surface area contributed by atoms with E-state index in [9.17, 15) is 9.90 Å². The van der Waals surface area contributed by atoms with E-state index in [1.165, 1.54) is 5.56 Å². The highest BCUT2D eigenvalue weighted by molar-refractivity contribution is 6.32. The fourth-order valence-corrected chi connectivity index (χ4v) is 4.59. The van der Waals surface area contributed by atoms with Crippen molar-refractivity contribution in [2.24, 2.45) is 0 Å². The molecule has 35 heavy (non-hydrogen) atoms. The zero-order valence-corrected chi connectivity index (χ0v) is 21.4. The van der Waals surface area contributed by atoms with Crippen LogP contribution in [0.15, 0.2) is 36.4 Å². The maximum atomic E-state index is 12.2. The Kier molecular flexibility index (Phi) is 8.55. The summed E-state index contributed by atoms with van der Waals surface area (Å²) in [5.74, 6) is 1.42. The van der Waals surface area contributed by atoms with E-state index >= 15 is 0 Å². The van der Waals surface area contributed by atoms with Crippen LogP contribution in [0.2, 0.25) is 5.02 Å². The van der Waals surface area contributed by atoms with Gasteiger partial charge < -0.3 is 24.2 Å². The molecule has 2 saturated heterocycles. The minimum Gasteiger partial charge on any atom is -0.491 e. The molecule has 1 amide bonds. The number of morpholine rings is 1. The predicted molar refractivity (Wildman–Crippen MR) is 135 cm³/mol. The van der Waals surface area contributed by atoms with Crippen molar-refractivity contribution in [2.45, 2.75) is 38.8 Å². The van der Waals surface area contributed by atoms with Gasteiger partial charge in [0, 0.05) is 37.7 Å². The SMILES string of the molecule is Cc1cc(OCC2(O)CCN(Cc3ccc(OCC(=O)N4CCOCC4)cc3)CC2)cc(C)c1Cl. The lowest BCUT2D eigenvalue weighted by Gasteiger charge is -2.38.